The molecule has 0 bridgehead atoms. The van der Waals surface area contributed by atoms with Crippen molar-refractivity contribution in [1.82, 2.24) is 5.32 Å². The molecule has 2 heterocycles. The minimum absolute atomic E-state index is 0. The molecule has 20 heavy (non-hydrogen) atoms. The fraction of sp³-hybridized carbons (Fsp3) is 0.917. The number of guanidine groups is 1. The first-order chi connectivity index (χ1) is 9.24. The summed E-state index contributed by atoms with van der Waals surface area (Å²) in [6, 6.07) is 0. The Hall–Kier alpha value is -0.160. The van der Waals surface area contributed by atoms with Gasteiger partial charge in [0.1, 0.15) is 6.10 Å². The predicted molar refractivity (Wildman–Crippen MR) is 85.4 cm³/mol. The molecule has 0 amide bonds. The van der Waals surface area contributed by atoms with Crippen LogP contribution < -0.4 is 11.1 Å². The van der Waals surface area contributed by atoms with Crippen molar-refractivity contribution >= 4 is 29.9 Å². The van der Waals surface area contributed by atoms with Crippen molar-refractivity contribution in [3.8, 4) is 0 Å². The summed E-state index contributed by atoms with van der Waals surface area (Å²) in [4.78, 5) is 4.25. The fourth-order valence-corrected chi connectivity index (χ4v) is 2.19. The molecule has 7 nitrogen and oxygen atoms in total. The smallest absolute Gasteiger partial charge is 0.188 e. The molecule has 8 heteroatoms. The van der Waals surface area contributed by atoms with Gasteiger partial charge in [0.15, 0.2) is 11.7 Å². The summed E-state index contributed by atoms with van der Waals surface area (Å²) in [6.45, 7) is 3.70. The highest BCUT2D eigenvalue weighted by molar-refractivity contribution is 14.0. The Morgan fingerprint density at radius 3 is 2.90 bits per heavy atom. The molecule has 2 aliphatic heterocycles. The lowest BCUT2D eigenvalue weighted by atomic mass is 10.1. The van der Waals surface area contributed by atoms with Gasteiger partial charge in [0.05, 0.1) is 33.0 Å². The molecule has 2 rings (SSSR count). The number of rotatable bonds is 5. The molecule has 1 spiro atoms. The number of nitrogens with zero attached hydrogens (tertiary/aromatic N) is 1. The van der Waals surface area contributed by atoms with Gasteiger partial charge in [-0.2, -0.15) is 0 Å². The molecule has 3 N–H and O–H groups in total. The summed E-state index contributed by atoms with van der Waals surface area (Å²) in [7, 11) is 1.64. The summed E-state index contributed by atoms with van der Waals surface area (Å²) in [5.41, 5.74) is 5.73. The van der Waals surface area contributed by atoms with Gasteiger partial charge in [0, 0.05) is 26.5 Å². The minimum Gasteiger partial charge on any atom is -0.383 e. The van der Waals surface area contributed by atoms with E-state index in [-0.39, 0.29) is 30.1 Å². The molecule has 0 saturated carbocycles. The van der Waals surface area contributed by atoms with E-state index in [0.29, 0.717) is 45.5 Å². The summed E-state index contributed by atoms with van der Waals surface area (Å²) >= 11 is 0. The second-order valence-corrected chi connectivity index (χ2v) is 4.72. The first-order valence-electron chi connectivity index (χ1n) is 6.66. The molecule has 0 aromatic heterocycles. The Morgan fingerprint density at radius 2 is 2.20 bits per heavy atom. The maximum Gasteiger partial charge on any atom is 0.188 e. The van der Waals surface area contributed by atoms with Crippen LogP contribution >= 0.6 is 24.0 Å². The van der Waals surface area contributed by atoms with Crippen LogP contribution in [0.15, 0.2) is 4.99 Å². The molecule has 0 radical (unpaired) electrons. The van der Waals surface area contributed by atoms with E-state index in [0.717, 1.165) is 12.8 Å². The van der Waals surface area contributed by atoms with Crippen LogP contribution in [0.2, 0.25) is 0 Å². The molecule has 118 valence electrons. The molecule has 1 atom stereocenters. The third-order valence-electron chi connectivity index (χ3n) is 3.25. The Balaban J connectivity index is 0.00000200. The maximum absolute atomic E-state index is 5.95. The van der Waals surface area contributed by atoms with Crippen molar-refractivity contribution in [3.63, 3.8) is 0 Å². The number of halogens is 1. The van der Waals surface area contributed by atoms with E-state index in [9.17, 15) is 0 Å². The topological polar surface area (TPSA) is 87.3 Å². The lowest BCUT2D eigenvalue weighted by Gasteiger charge is -2.31. The summed E-state index contributed by atoms with van der Waals surface area (Å²) in [5, 5.41) is 2.96. The number of hydrogen-bond acceptors (Lipinski definition) is 5. The van der Waals surface area contributed by atoms with Crippen molar-refractivity contribution in [2.24, 2.45) is 10.7 Å². The van der Waals surface area contributed by atoms with Gasteiger partial charge in [0.2, 0.25) is 0 Å². The summed E-state index contributed by atoms with van der Waals surface area (Å²) < 4.78 is 22.0. The van der Waals surface area contributed by atoms with Crippen LogP contribution in [0.5, 0.6) is 0 Å². The standard InChI is InChI=1S/C12H23N3O4.HI/c1-16-7-4-14-11(13)15-8-10-9-18-12(19-10)2-5-17-6-3-12;/h10H,2-9H2,1H3,(H3,13,14,15);1H. The van der Waals surface area contributed by atoms with Gasteiger partial charge in [-0.05, 0) is 0 Å². The molecular formula is C12H24IN3O4. The van der Waals surface area contributed by atoms with Gasteiger partial charge in [-0.15, -0.1) is 24.0 Å². The monoisotopic (exact) mass is 401 g/mol. The van der Waals surface area contributed by atoms with Crippen LogP contribution in [0.1, 0.15) is 12.8 Å². The van der Waals surface area contributed by atoms with Crippen molar-refractivity contribution in [3.05, 3.63) is 0 Å². The highest BCUT2D eigenvalue weighted by atomic mass is 127. The maximum atomic E-state index is 5.95. The Morgan fingerprint density at radius 1 is 1.45 bits per heavy atom. The lowest BCUT2D eigenvalue weighted by Crippen LogP contribution is -2.38. The van der Waals surface area contributed by atoms with Crippen LogP contribution in [0, 0.1) is 0 Å². The molecule has 2 saturated heterocycles. The van der Waals surface area contributed by atoms with Crippen LogP contribution in [-0.2, 0) is 18.9 Å². The predicted octanol–water partition coefficient (Wildman–Crippen LogP) is 0.0772. The molecule has 1 unspecified atom stereocenters. The second-order valence-electron chi connectivity index (χ2n) is 4.72. The van der Waals surface area contributed by atoms with Gasteiger partial charge >= 0.3 is 0 Å². The molecular weight excluding hydrogens is 377 g/mol. The van der Waals surface area contributed by atoms with Gasteiger partial charge in [-0.25, -0.2) is 0 Å². The molecule has 2 aliphatic rings. The van der Waals surface area contributed by atoms with Crippen molar-refractivity contribution < 1.29 is 18.9 Å². The van der Waals surface area contributed by atoms with E-state index in [1.807, 2.05) is 0 Å². The number of methoxy groups -OCH3 is 1. The average Bonchev–Trinajstić information content (AvgIpc) is 2.81. The number of nitrogens with one attached hydrogen (secondary N) is 1. The van der Waals surface area contributed by atoms with Gasteiger partial charge < -0.3 is 30.0 Å². The van der Waals surface area contributed by atoms with Crippen molar-refractivity contribution in [2.75, 3.05) is 46.6 Å². The third kappa shape index (κ3) is 5.32. The Kier molecular flexibility index (Phi) is 8.03. The average molecular weight is 401 g/mol. The fourth-order valence-electron chi connectivity index (χ4n) is 2.19. The largest absolute Gasteiger partial charge is 0.383 e. The third-order valence-corrected chi connectivity index (χ3v) is 3.25. The molecule has 0 aromatic carbocycles. The highest BCUT2D eigenvalue weighted by Crippen LogP contribution is 2.33. The number of aliphatic imine (C=N–C) groups is 1. The number of ether oxygens (including phenoxy) is 4. The number of hydrogen-bond donors (Lipinski definition) is 2. The van der Waals surface area contributed by atoms with Crippen molar-refractivity contribution in [2.45, 2.75) is 24.7 Å². The quantitative estimate of drug-likeness (QED) is 0.294. The zero-order valence-electron chi connectivity index (χ0n) is 11.8. The molecule has 2 fully saturated rings. The highest BCUT2D eigenvalue weighted by Gasteiger charge is 2.42. The van der Waals surface area contributed by atoms with E-state index < -0.39 is 5.79 Å². The van der Waals surface area contributed by atoms with Crippen LogP contribution in [0.3, 0.4) is 0 Å². The van der Waals surface area contributed by atoms with Crippen LogP contribution in [0.25, 0.3) is 0 Å². The summed E-state index contributed by atoms with van der Waals surface area (Å²) in [6.07, 6.45) is 1.55. The summed E-state index contributed by atoms with van der Waals surface area (Å²) in [5.74, 6) is -0.0370. The lowest BCUT2D eigenvalue weighted by molar-refractivity contribution is -0.210. The van der Waals surface area contributed by atoms with Gasteiger partial charge in [0.25, 0.3) is 0 Å². The first kappa shape index (κ1) is 17.9. The minimum atomic E-state index is -0.448. The van der Waals surface area contributed by atoms with Crippen LogP contribution in [0.4, 0.5) is 0 Å². The SMILES string of the molecule is COCCNC(N)=NCC1COC2(CCOCC2)O1.I. The van der Waals surface area contributed by atoms with Gasteiger partial charge in [-0.3, -0.25) is 4.99 Å². The normalized spacial score (nSPS) is 25.4. The van der Waals surface area contributed by atoms with Crippen molar-refractivity contribution in [1.29, 1.82) is 0 Å². The van der Waals surface area contributed by atoms with Gasteiger partial charge in [-0.1, -0.05) is 0 Å². The molecule has 0 aliphatic carbocycles. The van der Waals surface area contributed by atoms with E-state index in [1.165, 1.54) is 0 Å². The van der Waals surface area contributed by atoms with E-state index in [4.69, 9.17) is 24.7 Å². The van der Waals surface area contributed by atoms with Crippen LogP contribution in [-0.4, -0.2) is 64.5 Å². The first-order valence-corrected chi connectivity index (χ1v) is 6.66. The van der Waals surface area contributed by atoms with E-state index in [2.05, 4.69) is 10.3 Å². The Bertz CT molecular complexity index is 311. The number of nitrogens with two attached hydrogens (primary N) is 1. The Labute approximate surface area is 136 Å². The van der Waals surface area contributed by atoms with E-state index in [1.54, 1.807) is 7.11 Å². The zero-order chi connectivity index (χ0) is 13.6. The zero-order valence-corrected chi connectivity index (χ0v) is 14.1. The molecule has 0 aromatic rings. The second kappa shape index (κ2) is 8.98. The van der Waals surface area contributed by atoms with E-state index >= 15 is 0 Å².